The fourth-order valence-electron chi connectivity index (χ4n) is 4.06. The molecule has 0 spiro atoms. The summed E-state index contributed by atoms with van der Waals surface area (Å²) in [5.74, 6) is 2.67. The summed E-state index contributed by atoms with van der Waals surface area (Å²) in [7, 11) is 0. The quantitative estimate of drug-likeness (QED) is 0.715. The van der Waals surface area contributed by atoms with Crippen LogP contribution < -0.4 is 10.1 Å². The van der Waals surface area contributed by atoms with Gasteiger partial charge in [-0.25, -0.2) is 4.98 Å². The van der Waals surface area contributed by atoms with Crippen LogP contribution in [0.2, 0.25) is 0 Å². The Morgan fingerprint density at radius 3 is 3.00 bits per heavy atom. The van der Waals surface area contributed by atoms with Gasteiger partial charge in [-0.1, -0.05) is 12.5 Å². The van der Waals surface area contributed by atoms with Gasteiger partial charge >= 0.3 is 0 Å². The van der Waals surface area contributed by atoms with E-state index in [1.54, 1.807) is 6.20 Å². The summed E-state index contributed by atoms with van der Waals surface area (Å²) >= 11 is 0. The summed E-state index contributed by atoms with van der Waals surface area (Å²) in [5.41, 5.74) is 1.33. The van der Waals surface area contributed by atoms with Crippen molar-refractivity contribution in [2.24, 2.45) is 0 Å². The number of hydrogen-bond acceptors (Lipinski definition) is 7. The maximum Gasteiger partial charge on any atom is 0.160 e. The number of nitrogens with one attached hydrogen (secondary N) is 1. The maximum atomic E-state index is 9.32. The number of ether oxygens (including phenoxy) is 2. The van der Waals surface area contributed by atoms with Gasteiger partial charge in [-0.05, 0) is 31.4 Å². The lowest BCUT2D eigenvalue weighted by molar-refractivity contribution is -0.0797. The molecule has 5 rings (SSSR count). The number of rotatable bonds is 5. The van der Waals surface area contributed by atoms with Crippen molar-refractivity contribution >= 4 is 11.5 Å². The van der Waals surface area contributed by atoms with Crippen molar-refractivity contribution in [3.8, 4) is 11.8 Å². The number of pyridine rings is 2. The summed E-state index contributed by atoms with van der Waals surface area (Å²) in [6, 6.07) is 10.2. The average molecular weight is 390 g/mol. The lowest BCUT2D eigenvalue weighted by Crippen LogP contribution is -2.38. The van der Waals surface area contributed by atoms with Crippen LogP contribution in [0.4, 0.5) is 5.82 Å². The fourth-order valence-corrected chi connectivity index (χ4v) is 4.06. The van der Waals surface area contributed by atoms with Crippen LogP contribution in [0.25, 0.3) is 5.65 Å². The van der Waals surface area contributed by atoms with Crippen molar-refractivity contribution in [3.05, 3.63) is 48.0 Å². The molecule has 3 aromatic rings. The van der Waals surface area contributed by atoms with E-state index >= 15 is 0 Å². The number of nitrogens with zero attached hydrogens (tertiary/aromatic N) is 5. The zero-order valence-corrected chi connectivity index (χ0v) is 16.0. The minimum absolute atomic E-state index is 0.0117. The third-order valence-corrected chi connectivity index (χ3v) is 5.62. The zero-order valence-electron chi connectivity index (χ0n) is 16.0. The lowest BCUT2D eigenvalue weighted by atomic mass is 9.85. The summed E-state index contributed by atoms with van der Waals surface area (Å²) in [6.45, 7) is 1.12. The molecule has 2 fully saturated rings. The number of hydrogen-bond donors (Lipinski definition) is 1. The molecule has 0 unspecified atom stereocenters. The largest absolute Gasteiger partial charge is 0.484 e. The Balaban J connectivity index is 1.31. The van der Waals surface area contributed by atoms with Gasteiger partial charge in [-0.3, -0.25) is 4.40 Å². The van der Waals surface area contributed by atoms with Crippen molar-refractivity contribution in [2.75, 3.05) is 18.5 Å². The Bertz CT molecular complexity index is 1050. The van der Waals surface area contributed by atoms with Crippen LogP contribution in [0, 0.1) is 11.3 Å². The van der Waals surface area contributed by atoms with E-state index in [1.165, 1.54) is 0 Å². The number of fused-ring (bicyclic) bond motifs is 1. The van der Waals surface area contributed by atoms with Crippen LogP contribution >= 0.6 is 0 Å². The van der Waals surface area contributed by atoms with E-state index < -0.39 is 0 Å². The highest BCUT2D eigenvalue weighted by atomic mass is 16.6. The molecule has 2 atom stereocenters. The van der Waals surface area contributed by atoms with Gasteiger partial charge in [0.15, 0.2) is 5.65 Å². The monoisotopic (exact) mass is 390 g/mol. The molecule has 3 aromatic heterocycles. The predicted molar refractivity (Wildman–Crippen MR) is 106 cm³/mol. The first kappa shape index (κ1) is 17.9. The predicted octanol–water partition coefficient (Wildman–Crippen LogP) is 2.91. The Labute approximate surface area is 168 Å². The summed E-state index contributed by atoms with van der Waals surface area (Å²) < 4.78 is 13.1. The Morgan fingerprint density at radius 1 is 1.24 bits per heavy atom. The van der Waals surface area contributed by atoms with E-state index in [9.17, 15) is 5.26 Å². The minimum Gasteiger partial charge on any atom is -0.484 e. The number of nitriles is 1. The first-order chi connectivity index (χ1) is 14.3. The van der Waals surface area contributed by atoms with Gasteiger partial charge in [-0.15, -0.1) is 10.2 Å². The van der Waals surface area contributed by atoms with Crippen molar-refractivity contribution in [1.29, 1.82) is 5.26 Å². The molecule has 0 bridgehead atoms. The molecular formula is C21H22N6O2. The minimum atomic E-state index is 0.0117. The molecule has 2 aliphatic rings. The van der Waals surface area contributed by atoms with Gasteiger partial charge in [0.1, 0.15) is 35.1 Å². The molecule has 1 aliphatic heterocycles. The Hall–Kier alpha value is -3.18. The van der Waals surface area contributed by atoms with Gasteiger partial charge in [0.25, 0.3) is 0 Å². The molecule has 8 heteroatoms. The molecule has 29 heavy (non-hydrogen) atoms. The fraction of sp³-hybridized carbons (Fsp3) is 0.429. The SMILES string of the molecule is N#Cc1cnc(N[C@@H]2CCC[C@H](c3nnc4ccccn34)C2)cc1OC1COC1. The maximum absolute atomic E-state index is 9.32. The van der Waals surface area contributed by atoms with Gasteiger partial charge in [0.2, 0.25) is 0 Å². The van der Waals surface area contributed by atoms with E-state index in [0.717, 1.165) is 43.0 Å². The van der Waals surface area contributed by atoms with Gasteiger partial charge in [0, 0.05) is 24.2 Å². The highest BCUT2D eigenvalue weighted by molar-refractivity contribution is 5.50. The Morgan fingerprint density at radius 2 is 2.17 bits per heavy atom. The second kappa shape index (κ2) is 7.68. The smallest absolute Gasteiger partial charge is 0.160 e. The van der Waals surface area contributed by atoms with Crippen LogP contribution in [-0.4, -0.2) is 44.9 Å². The van der Waals surface area contributed by atoms with E-state index in [4.69, 9.17) is 9.47 Å². The van der Waals surface area contributed by atoms with Crippen LogP contribution in [-0.2, 0) is 4.74 Å². The van der Waals surface area contributed by atoms with E-state index in [0.29, 0.717) is 30.4 Å². The summed E-state index contributed by atoms with van der Waals surface area (Å²) in [4.78, 5) is 4.42. The van der Waals surface area contributed by atoms with Crippen LogP contribution in [0.3, 0.4) is 0 Å². The third kappa shape index (κ3) is 3.61. The molecule has 1 saturated carbocycles. The molecule has 0 amide bonds. The lowest BCUT2D eigenvalue weighted by Gasteiger charge is -2.30. The van der Waals surface area contributed by atoms with Crippen LogP contribution in [0.1, 0.15) is 43.0 Å². The molecule has 148 valence electrons. The first-order valence-electron chi connectivity index (χ1n) is 10.0. The van der Waals surface area contributed by atoms with Crippen LogP contribution in [0.5, 0.6) is 5.75 Å². The zero-order chi connectivity index (χ0) is 19.6. The molecule has 1 saturated heterocycles. The van der Waals surface area contributed by atoms with Gasteiger partial charge < -0.3 is 14.8 Å². The highest BCUT2D eigenvalue weighted by Gasteiger charge is 2.27. The summed E-state index contributed by atoms with van der Waals surface area (Å²) in [5, 5.41) is 21.6. The summed E-state index contributed by atoms with van der Waals surface area (Å²) in [6.07, 6.45) is 7.86. The molecule has 1 aliphatic carbocycles. The molecule has 8 nitrogen and oxygen atoms in total. The number of anilines is 1. The normalized spacial score (nSPS) is 22.0. The van der Waals surface area contributed by atoms with Crippen molar-refractivity contribution in [2.45, 2.75) is 43.7 Å². The second-order valence-electron chi connectivity index (χ2n) is 7.65. The topological polar surface area (TPSA) is 97.4 Å². The molecule has 1 N–H and O–H groups in total. The Kier molecular flexibility index (Phi) is 4.74. The van der Waals surface area contributed by atoms with E-state index in [-0.39, 0.29) is 12.1 Å². The van der Waals surface area contributed by atoms with Crippen molar-refractivity contribution < 1.29 is 9.47 Å². The van der Waals surface area contributed by atoms with Gasteiger partial charge in [0.05, 0.1) is 19.4 Å². The number of aromatic nitrogens is 4. The average Bonchev–Trinajstić information content (AvgIpc) is 3.15. The van der Waals surface area contributed by atoms with Crippen LogP contribution in [0.15, 0.2) is 36.7 Å². The molecule has 4 heterocycles. The van der Waals surface area contributed by atoms with Crippen molar-refractivity contribution in [1.82, 2.24) is 19.6 Å². The van der Waals surface area contributed by atoms with Gasteiger partial charge in [-0.2, -0.15) is 5.26 Å². The van der Waals surface area contributed by atoms with Crippen molar-refractivity contribution in [3.63, 3.8) is 0 Å². The molecular weight excluding hydrogens is 368 g/mol. The van der Waals surface area contributed by atoms with E-state index in [2.05, 4.69) is 31.0 Å². The first-order valence-corrected chi connectivity index (χ1v) is 10.0. The molecule has 0 aromatic carbocycles. The standard InChI is InChI=1S/C21H22N6O2/c22-10-15-11-23-19(9-18(15)29-17-12-28-13-17)24-16-5-3-4-14(8-16)21-26-25-20-6-1-2-7-27(20)21/h1-2,6-7,9,11,14,16-17H,3-5,8,12-13H2,(H,23,24)/t14-,16+/m0/s1. The third-order valence-electron chi connectivity index (χ3n) is 5.62. The van der Waals surface area contributed by atoms with E-state index in [1.807, 2.05) is 30.5 Å². The second-order valence-corrected chi connectivity index (χ2v) is 7.65. The highest BCUT2D eigenvalue weighted by Crippen LogP contribution is 2.34. The molecule has 0 radical (unpaired) electrons.